The number of carbonyl (C=O) groups excluding carboxylic acids is 2. The minimum atomic E-state index is -0.0639. The zero-order valence-electron chi connectivity index (χ0n) is 24.8. The minimum absolute atomic E-state index is 0.0571. The van der Waals surface area contributed by atoms with Gasteiger partial charge in [-0.15, -0.1) is 0 Å². The fourth-order valence-corrected chi connectivity index (χ4v) is 6.12. The summed E-state index contributed by atoms with van der Waals surface area (Å²) in [6.07, 6.45) is 6.33. The molecule has 0 bridgehead atoms. The molecule has 0 aliphatic carbocycles. The zero-order valence-corrected chi connectivity index (χ0v) is 24.8. The van der Waals surface area contributed by atoms with Crippen LogP contribution in [0.3, 0.4) is 0 Å². The van der Waals surface area contributed by atoms with E-state index < -0.39 is 0 Å². The smallest absolute Gasteiger partial charge is 0.233 e. The van der Waals surface area contributed by atoms with E-state index >= 15 is 0 Å². The molecule has 0 saturated carbocycles. The Morgan fingerprint density at radius 2 is 1.95 bits per heavy atom. The van der Waals surface area contributed by atoms with Crippen molar-refractivity contribution in [1.29, 1.82) is 0 Å². The van der Waals surface area contributed by atoms with Crippen molar-refractivity contribution >= 4 is 28.4 Å². The third-order valence-corrected chi connectivity index (χ3v) is 8.41. The fraction of sp³-hybridized carbons (Fsp3) is 0.469. The zero-order chi connectivity index (χ0) is 29.3. The lowest BCUT2D eigenvalue weighted by molar-refractivity contribution is -0.129. The Labute approximate surface area is 241 Å². The van der Waals surface area contributed by atoms with E-state index in [9.17, 15) is 9.59 Å². The third-order valence-electron chi connectivity index (χ3n) is 8.41. The van der Waals surface area contributed by atoms with Crippen LogP contribution in [-0.2, 0) is 16.0 Å². The highest BCUT2D eigenvalue weighted by atomic mass is 16.3. The number of aliphatic hydroxyl groups excluding tert-OH is 1. The molecule has 0 atom stereocenters. The van der Waals surface area contributed by atoms with Gasteiger partial charge in [0.15, 0.2) is 0 Å². The van der Waals surface area contributed by atoms with Crippen LogP contribution in [0.25, 0.3) is 27.8 Å². The second-order valence-electron chi connectivity index (χ2n) is 11.7. The Hall–Kier alpha value is -3.69. The number of amides is 2. The SMILES string of the molecule is CNC(=O)CN1CCC(c2ccc3[nH]c(-c4cc(C)c5nc(CC(=O)N(C)CCO)cn5c4)c(C(C)C)c3c2)CC1. The number of rotatable bonds is 9. The molecule has 1 saturated heterocycles. The van der Waals surface area contributed by atoms with Crippen LogP contribution in [0.15, 0.2) is 36.7 Å². The minimum Gasteiger partial charge on any atom is -0.395 e. The number of pyridine rings is 1. The molecule has 0 radical (unpaired) electrons. The lowest BCUT2D eigenvalue weighted by Gasteiger charge is -2.31. The topological polar surface area (TPSA) is 106 Å². The molecule has 9 nitrogen and oxygen atoms in total. The second-order valence-corrected chi connectivity index (χ2v) is 11.7. The molecule has 1 aromatic carbocycles. The average molecular weight is 559 g/mol. The van der Waals surface area contributed by atoms with E-state index in [4.69, 9.17) is 10.1 Å². The van der Waals surface area contributed by atoms with Crippen molar-refractivity contribution in [2.45, 2.75) is 51.9 Å². The van der Waals surface area contributed by atoms with Gasteiger partial charge in [0.25, 0.3) is 0 Å². The van der Waals surface area contributed by atoms with Crippen LogP contribution in [0.2, 0.25) is 0 Å². The summed E-state index contributed by atoms with van der Waals surface area (Å²) in [5.74, 6) is 0.815. The van der Waals surface area contributed by atoms with Gasteiger partial charge in [-0.25, -0.2) is 4.98 Å². The number of H-pyrrole nitrogens is 1. The van der Waals surface area contributed by atoms with Gasteiger partial charge in [-0.3, -0.25) is 14.5 Å². The number of aliphatic hydroxyl groups is 1. The van der Waals surface area contributed by atoms with Crippen molar-refractivity contribution in [3.05, 3.63) is 59.0 Å². The van der Waals surface area contributed by atoms with Crippen LogP contribution in [-0.4, -0.2) is 88.0 Å². The molecule has 1 fully saturated rings. The molecular formula is C32H42N6O3. The number of imidazole rings is 1. The molecule has 1 aliphatic heterocycles. The summed E-state index contributed by atoms with van der Waals surface area (Å²) in [7, 11) is 3.39. The van der Waals surface area contributed by atoms with E-state index in [1.54, 1.807) is 14.1 Å². The van der Waals surface area contributed by atoms with E-state index in [0.29, 0.717) is 30.6 Å². The molecule has 5 rings (SSSR count). The number of benzene rings is 1. The van der Waals surface area contributed by atoms with Crippen molar-refractivity contribution < 1.29 is 14.7 Å². The second kappa shape index (κ2) is 12.0. The Bertz CT molecular complexity index is 1560. The molecule has 4 aromatic rings. The molecule has 218 valence electrons. The molecule has 2 amide bonds. The van der Waals surface area contributed by atoms with Gasteiger partial charge in [0.2, 0.25) is 11.8 Å². The van der Waals surface area contributed by atoms with Gasteiger partial charge in [-0.2, -0.15) is 0 Å². The van der Waals surface area contributed by atoms with E-state index in [0.717, 1.165) is 53.9 Å². The first-order valence-electron chi connectivity index (χ1n) is 14.6. The fourth-order valence-electron chi connectivity index (χ4n) is 6.12. The third kappa shape index (κ3) is 6.01. The molecule has 3 aromatic heterocycles. The standard InChI is InChI=1S/C32H42N6O3/c1-20(2)30-26-15-23(22-8-10-37(11-9-22)19-28(40)33-4)6-7-27(26)35-31(30)24-14-21(3)32-34-25(18-38(32)17-24)16-29(41)36(5)12-13-39/h6-7,14-15,17-18,20,22,35,39H,8-13,16,19H2,1-5H3,(H,33,40). The molecule has 0 spiro atoms. The summed E-state index contributed by atoms with van der Waals surface area (Å²) in [6.45, 7) is 9.13. The maximum absolute atomic E-state index is 12.5. The Morgan fingerprint density at radius 3 is 2.63 bits per heavy atom. The number of aryl methyl sites for hydroxylation is 1. The maximum Gasteiger partial charge on any atom is 0.233 e. The number of carbonyl (C=O) groups is 2. The van der Waals surface area contributed by atoms with E-state index in [1.165, 1.54) is 21.4 Å². The summed E-state index contributed by atoms with van der Waals surface area (Å²) >= 11 is 0. The molecule has 0 unspecified atom stereocenters. The quantitative estimate of drug-likeness (QED) is 0.290. The predicted molar refractivity (Wildman–Crippen MR) is 162 cm³/mol. The van der Waals surface area contributed by atoms with Gasteiger partial charge in [0.1, 0.15) is 5.65 Å². The number of likely N-dealkylation sites (tertiary alicyclic amines) is 1. The highest BCUT2D eigenvalue weighted by Crippen LogP contribution is 2.38. The largest absolute Gasteiger partial charge is 0.395 e. The van der Waals surface area contributed by atoms with Crippen LogP contribution >= 0.6 is 0 Å². The number of likely N-dealkylation sites (N-methyl/N-ethyl adjacent to an activating group) is 2. The maximum atomic E-state index is 12.5. The number of piperidine rings is 1. The number of aromatic amines is 1. The first-order valence-corrected chi connectivity index (χ1v) is 14.6. The molecule has 9 heteroatoms. The highest BCUT2D eigenvalue weighted by molar-refractivity contribution is 5.92. The van der Waals surface area contributed by atoms with Crippen LogP contribution in [0.5, 0.6) is 0 Å². The summed E-state index contributed by atoms with van der Waals surface area (Å²) in [5.41, 5.74) is 8.61. The van der Waals surface area contributed by atoms with Crippen LogP contribution in [0.4, 0.5) is 0 Å². The van der Waals surface area contributed by atoms with Crippen molar-refractivity contribution in [2.75, 3.05) is 46.9 Å². The van der Waals surface area contributed by atoms with Crippen molar-refractivity contribution in [3.63, 3.8) is 0 Å². The lowest BCUT2D eigenvalue weighted by atomic mass is 9.87. The number of hydrogen-bond acceptors (Lipinski definition) is 5. The Morgan fingerprint density at radius 1 is 1.20 bits per heavy atom. The number of nitrogens with one attached hydrogen (secondary N) is 2. The van der Waals surface area contributed by atoms with E-state index in [2.05, 4.69) is 66.4 Å². The Balaban J connectivity index is 1.44. The van der Waals surface area contributed by atoms with E-state index in [1.807, 2.05) is 10.6 Å². The Kier molecular flexibility index (Phi) is 8.47. The van der Waals surface area contributed by atoms with E-state index in [-0.39, 0.29) is 24.8 Å². The first kappa shape index (κ1) is 28.8. The monoisotopic (exact) mass is 558 g/mol. The van der Waals surface area contributed by atoms with Gasteiger partial charge >= 0.3 is 0 Å². The number of aromatic nitrogens is 3. The molecular weight excluding hydrogens is 516 g/mol. The molecule has 41 heavy (non-hydrogen) atoms. The van der Waals surface area contributed by atoms with Gasteiger partial charge in [0, 0.05) is 49.5 Å². The van der Waals surface area contributed by atoms with Crippen molar-refractivity contribution in [1.82, 2.24) is 29.5 Å². The first-order chi connectivity index (χ1) is 19.7. The summed E-state index contributed by atoms with van der Waals surface area (Å²) in [6, 6.07) is 9.02. The molecule has 4 heterocycles. The highest BCUT2D eigenvalue weighted by Gasteiger charge is 2.24. The molecule has 3 N–H and O–H groups in total. The van der Waals surface area contributed by atoms with Gasteiger partial charge in [-0.05, 0) is 79.6 Å². The normalized spacial score (nSPS) is 14.8. The van der Waals surface area contributed by atoms with Gasteiger partial charge in [-0.1, -0.05) is 19.9 Å². The van der Waals surface area contributed by atoms with Crippen molar-refractivity contribution in [2.24, 2.45) is 0 Å². The van der Waals surface area contributed by atoms with Gasteiger partial charge in [0.05, 0.1) is 31.0 Å². The van der Waals surface area contributed by atoms with Gasteiger partial charge < -0.3 is 24.7 Å². The average Bonchev–Trinajstić information content (AvgIpc) is 3.54. The predicted octanol–water partition coefficient (Wildman–Crippen LogP) is 3.83. The summed E-state index contributed by atoms with van der Waals surface area (Å²) in [4.78, 5) is 36.5. The number of hydrogen-bond donors (Lipinski definition) is 3. The lowest BCUT2D eigenvalue weighted by Crippen LogP contribution is -2.40. The summed E-state index contributed by atoms with van der Waals surface area (Å²) < 4.78 is 2.02. The van der Waals surface area contributed by atoms with Crippen molar-refractivity contribution in [3.8, 4) is 11.3 Å². The van der Waals surface area contributed by atoms with Crippen LogP contribution < -0.4 is 5.32 Å². The molecule has 1 aliphatic rings. The van der Waals surface area contributed by atoms with Crippen LogP contribution in [0, 0.1) is 6.92 Å². The number of fused-ring (bicyclic) bond motifs is 2. The summed E-state index contributed by atoms with van der Waals surface area (Å²) in [5, 5.41) is 13.1. The number of nitrogens with zero attached hydrogens (tertiary/aromatic N) is 4. The van der Waals surface area contributed by atoms with Crippen LogP contribution in [0.1, 0.15) is 60.9 Å².